The summed E-state index contributed by atoms with van der Waals surface area (Å²) in [6, 6.07) is 0. The van der Waals surface area contributed by atoms with Crippen LogP contribution in [-0.2, 0) is 4.79 Å². The molecule has 0 aromatic carbocycles. The molecule has 2 N–H and O–H groups in total. The van der Waals surface area contributed by atoms with Gasteiger partial charge in [0.2, 0.25) is 0 Å². The minimum atomic E-state index is -0.585. The van der Waals surface area contributed by atoms with Crippen LogP contribution >= 0.6 is 0 Å². The molecule has 2 fully saturated rings. The van der Waals surface area contributed by atoms with Crippen LogP contribution in [0.5, 0.6) is 0 Å². The van der Waals surface area contributed by atoms with E-state index in [9.17, 15) is 9.90 Å². The van der Waals surface area contributed by atoms with E-state index in [1.165, 1.54) is 32.1 Å². The molecule has 2 aliphatic carbocycles. The third kappa shape index (κ3) is 4.48. The number of aliphatic carboxylic acids is 1. The van der Waals surface area contributed by atoms with E-state index in [0.717, 1.165) is 44.2 Å². The topological polar surface area (TPSA) is 49.3 Å². The van der Waals surface area contributed by atoms with Crippen molar-refractivity contribution < 1.29 is 9.90 Å². The van der Waals surface area contributed by atoms with Gasteiger partial charge in [-0.15, -0.1) is 0 Å². The molecule has 3 heteroatoms. The summed E-state index contributed by atoms with van der Waals surface area (Å²) in [5, 5.41) is 12.8. The third-order valence-corrected chi connectivity index (χ3v) is 5.11. The fraction of sp³-hybridized carbons (Fsp3) is 0.938. The van der Waals surface area contributed by atoms with Crippen molar-refractivity contribution in [1.29, 1.82) is 0 Å². The van der Waals surface area contributed by atoms with Crippen LogP contribution in [0.3, 0.4) is 0 Å². The van der Waals surface area contributed by atoms with Crippen LogP contribution in [0, 0.1) is 23.7 Å². The fourth-order valence-corrected chi connectivity index (χ4v) is 4.00. The molecule has 2 aliphatic rings. The first-order valence-electron chi connectivity index (χ1n) is 8.10. The summed E-state index contributed by atoms with van der Waals surface area (Å²) >= 11 is 0. The molecular weight excluding hydrogens is 238 g/mol. The Bertz CT molecular complexity index is 292. The van der Waals surface area contributed by atoms with Crippen molar-refractivity contribution in [1.82, 2.24) is 5.32 Å². The third-order valence-electron chi connectivity index (χ3n) is 5.11. The molecule has 19 heavy (non-hydrogen) atoms. The summed E-state index contributed by atoms with van der Waals surface area (Å²) < 4.78 is 0. The van der Waals surface area contributed by atoms with E-state index in [-0.39, 0.29) is 5.92 Å². The number of carboxylic acid groups (broad SMARTS) is 1. The quantitative estimate of drug-likeness (QED) is 0.803. The molecule has 0 heterocycles. The lowest BCUT2D eigenvalue weighted by atomic mass is 9.79. The molecule has 0 spiro atoms. The molecule has 0 radical (unpaired) electrons. The van der Waals surface area contributed by atoms with Crippen molar-refractivity contribution in [2.45, 2.75) is 58.3 Å². The average molecular weight is 267 g/mol. The van der Waals surface area contributed by atoms with Crippen molar-refractivity contribution in [2.75, 3.05) is 13.1 Å². The second-order valence-electron chi connectivity index (χ2n) is 6.79. The lowest BCUT2D eigenvalue weighted by Gasteiger charge is -2.31. The Kier molecular flexibility index (Phi) is 5.68. The summed E-state index contributed by atoms with van der Waals surface area (Å²) in [5.41, 5.74) is 0. The van der Waals surface area contributed by atoms with Gasteiger partial charge in [-0.2, -0.15) is 0 Å². The maximum Gasteiger partial charge on any atom is 0.306 e. The lowest BCUT2D eigenvalue weighted by molar-refractivity contribution is -0.144. The van der Waals surface area contributed by atoms with E-state index in [1.54, 1.807) is 0 Å². The molecule has 0 aromatic rings. The van der Waals surface area contributed by atoms with E-state index >= 15 is 0 Å². The van der Waals surface area contributed by atoms with Gasteiger partial charge in [0.1, 0.15) is 0 Å². The first kappa shape index (κ1) is 14.8. The van der Waals surface area contributed by atoms with Gasteiger partial charge in [-0.3, -0.25) is 4.79 Å². The van der Waals surface area contributed by atoms with Gasteiger partial charge < -0.3 is 10.4 Å². The largest absolute Gasteiger partial charge is 0.481 e. The Balaban J connectivity index is 1.70. The molecule has 0 bridgehead atoms. The predicted octanol–water partition coefficient (Wildman–Crippen LogP) is 3.29. The zero-order chi connectivity index (χ0) is 13.7. The van der Waals surface area contributed by atoms with Gasteiger partial charge in [0, 0.05) is 0 Å². The molecule has 2 rings (SSSR count). The SMILES string of the molecule is CC1CCCC(CNCC2CCCCC2C(=O)O)C1. The summed E-state index contributed by atoms with van der Waals surface area (Å²) in [5.74, 6) is 1.36. The predicted molar refractivity (Wildman–Crippen MR) is 77.1 cm³/mol. The van der Waals surface area contributed by atoms with Crippen LogP contribution < -0.4 is 5.32 Å². The molecule has 110 valence electrons. The highest BCUT2D eigenvalue weighted by Crippen LogP contribution is 2.31. The van der Waals surface area contributed by atoms with Gasteiger partial charge in [0.15, 0.2) is 0 Å². The zero-order valence-electron chi connectivity index (χ0n) is 12.2. The van der Waals surface area contributed by atoms with Crippen molar-refractivity contribution in [3.05, 3.63) is 0 Å². The van der Waals surface area contributed by atoms with Crippen LogP contribution in [-0.4, -0.2) is 24.2 Å². The van der Waals surface area contributed by atoms with Gasteiger partial charge in [0.25, 0.3) is 0 Å². The molecule has 0 amide bonds. The van der Waals surface area contributed by atoms with Crippen molar-refractivity contribution in [2.24, 2.45) is 23.7 Å². The summed E-state index contributed by atoms with van der Waals surface area (Å²) in [6.07, 6.45) is 9.72. The Morgan fingerprint density at radius 2 is 1.89 bits per heavy atom. The number of carboxylic acids is 1. The highest BCUT2D eigenvalue weighted by atomic mass is 16.4. The molecular formula is C16H29NO2. The van der Waals surface area contributed by atoms with Crippen LogP contribution in [0.1, 0.15) is 58.3 Å². The molecule has 0 aliphatic heterocycles. The van der Waals surface area contributed by atoms with Gasteiger partial charge >= 0.3 is 5.97 Å². The maximum atomic E-state index is 11.2. The van der Waals surface area contributed by atoms with Gasteiger partial charge in [0.05, 0.1) is 5.92 Å². The van der Waals surface area contributed by atoms with Gasteiger partial charge in [-0.05, 0) is 56.5 Å². The standard InChI is InChI=1S/C16H29NO2/c1-12-5-4-6-13(9-12)10-17-11-14-7-2-3-8-15(14)16(18)19/h12-15,17H,2-11H2,1H3,(H,18,19). The number of carbonyl (C=O) groups is 1. The summed E-state index contributed by atoms with van der Waals surface area (Å²) in [7, 11) is 0. The van der Waals surface area contributed by atoms with E-state index in [2.05, 4.69) is 12.2 Å². The van der Waals surface area contributed by atoms with E-state index in [4.69, 9.17) is 0 Å². The highest BCUT2D eigenvalue weighted by Gasteiger charge is 2.30. The summed E-state index contributed by atoms with van der Waals surface area (Å²) in [6.45, 7) is 4.35. The van der Waals surface area contributed by atoms with Gasteiger partial charge in [-0.1, -0.05) is 32.6 Å². The minimum absolute atomic E-state index is 0.105. The fourth-order valence-electron chi connectivity index (χ4n) is 4.00. The van der Waals surface area contributed by atoms with Crippen LogP contribution in [0.4, 0.5) is 0 Å². The maximum absolute atomic E-state index is 11.2. The molecule has 4 unspecified atom stereocenters. The second-order valence-corrected chi connectivity index (χ2v) is 6.79. The molecule has 0 saturated heterocycles. The number of hydrogen-bond acceptors (Lipinski definition) is 2. The zero-order valence-corrected chi connectivity index (χ0v) is 12.2. The second kappa shape index (κ2) is 7.28. The number of nitrogens with one attached hydrogen (secondary N) is 1. The van der Waals surface area contributed by atoms with Crippen LogP contribution in [0.15, 0.2) is 0 Å². The van der Waals surface area contributed by atoms with Crippen LogP contribution in [0.2, 0.25) is 0 Å². The van der Waals surface area contributed by atoms with Crippen molar-refractivity contribution in [3.63, 3.8) is 0 Å². The first-order chi connectivity index (χ1) is 9.16. The Labute approximate surface area is 117 Å². The smallest absolute Gasteiger partial charge is 0.306 e. The number of rotatable bonds is 5. The van der Waals surface area contributed by atoms with E-state index in [1.807, 2.05) is 0 Å². The molecule has 3 nitrogen and oxygen atoms in total. The normalized spacial score (nSPS) is 36.1. The first-order valence-corrected chi connectivity index (χ1v) is 8.10. The lowest BCUT2D eigenvalue weighted by Crippen LogP contribution is -2.37. The average Bonchev–Trinajstić information content (AvgIpc) is 2.39. The molecule has 2 saturated carbocycles. The molecule has 0 aromatic heterocycles. The number of hydrogen-bond donors (Lipinski definition) is 2. The van der Waals surface area contributed by atoms with E-state index in [0.29, 0.717) is 5.92 Å². The minimum Gasteiger partial charge on any atom is -0.481 e. The summed E-state index contributed by atoms with van der Waals surface area (Å²) in [4.78, 5) is 11.2. The molecule has 4 atom stereocenters. The van der Waals surface area contributed by atoms with Crippen molar-refractivity contribution >= 4 is 5.97 Å². The van der Waals surface area contributed by atoms with Crippen molar-refractivity contribution in [3.8, 4) is 0 Å². The Morgan fingerprint density at radius 1 is 1.11 bits per heavy atom. The Morgan fingerprint density at radius 3 is 2.63 bits per heavy atom. The van der Waals surface area contributed by atoms with Crippen LogP contribution in [0.25, 0.3) is 0 Å². The Hall–Kier alpha value is -0.570. The monoisotopic (exact) mass is 267 g/mol. The van der Waals surface area contributed by atoms with Gasteiger partial charge in [-0.25, -0.2) is 0 Å². The van der Waals surface area contributed by atoms with E-state index < -0.39 is 5.97 Å². The highest BCUT2D eigenvalue weighted by molar-refractivity contribution is 5.70.